The average Bonchev–Trinajstić information content (AvgIpc) is 2.73. The van der Waals surface area contributed by atoms with Crippen molar-refractivity contribution in [2.75, 3.05) is 0 Å². The van der Waals surface area contributed by atoms with E-state index < -0.39 is 0 Å². The summed E-state index contributed by atoms with van der Waals surface area (Å²) in [5.41, 5.74) is 2.84. The van der Waals surface area contributed by atoms with Gasteiger partial charge in [-0.25, -0.2) is 4.98 Å². The fourth-order valence-corrected chi connectivity index (χ4v) is 2.00. The number of nitrogens with one attached hydrogen (secondary N) is 1. The first-order valence-electron chi connectivity index (χ1n) is 6.75. The van der Waals surface area contributed by atoms with Crippen LogP contribution in [0.25, 0.3) is 0 Å². The molecule has 19 heavy (non-hydrogen) atoms. The second-order valence-electron chi connectivity index (χ2n) is 5.97. The second kappa shape index (κ2) is 5.57. The van der Waals surface area contributed by atoms with E-state index >= 15 is 0 Å². The number of aromatic nitrogens is 2. The Balaban J connectivity index is 2.15. The number of imidazole rings is 1. The van der Waals surface area contributed by atoms with Crippen molar-refractivity contribution in [1.29, 1.82) is 0 Å². The molecule has 0 saturated carbocycles. The van der Waals surface area contributed by atoms with Gasteiger partial charge in [-0.2, -0.15) is 0 Å². The first-order chi connectivity index (χ1) is 8.96. The molecular weight excluding hydrogens is 234 g/mol. The van der Waals surface area contributed by atoms with Crippen molar-refractivity contribution >= 4 is 0 Å². The molecule has 3 nitrogen and oxygen atoms in total. The molecule has 0 amide bonds. The minimum absolute atomic E-state index is 0.137. The fraction of sp³-hybridized carbons (Fsp3) is 0.438. The SMILES string of the molecule is Cc1nccn1Cc1ccccc1CNC(C)(C)C. The summed E-state index contributed by atoms with van der Waals surface area (Å²) in [5, 5.41) is 3.55. The Morgan fingerprint density at radius 3 is 2.42 bits per heavy atom. The lowest BCUT2D eigenvalue weighted by Gasteiger charge is -2.22. The summed E-state index contributed by atoms with van der Waals surface area (Å²) in [7, 11) is 0. The van der Waals surface area contributed by atoms with Gasteiger partial charge in [0, 0.05) is 31.0 Å². The van der Waals surface area contributed by atoms with Crippen molar-refractivity contribution in [3.8, 4) is 0 Å². The van der Waals surface area contributed by atoms with E-state index in [1.165, 1.54) is 11.1 Å². The van der Waals surface area contributed by atoms with Crippen LogP contribution in [-0.2, 0) is 13.1 Å². The summed E-state index contributed by atoms with van der Waals surface area (Å²) in [6, 6.07) is 8.59. The Bertz CT molecular complexity index is 535. The fourth-order valence-electron chi connectivity index (χ4n) is 2.00. The second-order valence-corrected chi connectivity index (χ2v) is 5.97. The van der Waals surface area contributed by atoms with Gasteiger partial charge >= 0.3 is 0 Å². The summed E-state index contributed by atoms with van der Waals surface area (Å²) < 4.78 is 2.18. The topological polar surface area (TPSA) is 29.9 Å². The molecule has 1 heterocycles. The maximum atomic E-state index is 4.28. The Hall–Kier alpha value is -1.61. The molecule has 0 bridgehead atoms. The van der Waals surface area contributed by atoms with E-state index in [0.29, 0.717) is 0 Å². The number of aryl methyl sites for hydroxylation is 1. The molecule has 0 fully saturated rings. The van der Waals surface area contributed by atoms with Crippen LogP contribution < -0.4 is 5.32 Å². The van der Waals surface area contributed by atoms with E-state index in [0.717, 1.165) is 18.9 Å². The summed E-state index contributed by atoms with van der Waals surface area (Å²) >= 11 is 0. The molecule has 1 aromatic carbocycles. The standard InChI is InChI=1S/C16H23N3/c1-13-17-9-10-19(13)12-15-8-6-5-7-14(15)11-18-16(2,3)4/h5-10,18H,11-12H2,1-4H3. The van der Waals surface area contributed by atoms with Gasteiger partial charge in [0.05, 0.1) is 0 Å². The van der Waals surface area contributed by atoms with E-state index in [4.69, 9.17) is 0 Å². The molecule has 0 aliphatic rings. The summed E-state index contributed by atoms with van der Waals surface area (Å²) in [5.74, 6) is 1.05. The third kappa shape index (κ3) is 3.93. The van der Waals surface area contributed by atoms with Crippen LogP contribution in [-0.4, -0.2) is 15.1 Å². The van der Waals surface area contributed by atoms with Crippen LogP contribution in [0.5, 0.6) is 0 Å². The Morgan fingerprint density at radius 2 is 1.84 bits per heavy atom. The molecule has 0 aliphatic carbocycles. The van der Waals surface area contributed by atoms with E-state index in [-0.39, 0.29) is 5.54 Å². The first kappa shape index (κ1) is 13.8. The number of hydrogen-bond acceptors (Lipinski definition) is 2. The van der Waals surface area contributed by atoms with Crippen molar-refractivity contribution < 1.29 is 0 Å². The highest BCUT2D eigenvalue weighted by Crippen LogP contribution is 2.13. The van der Waals surface area contributed by atoms with Crippen LogP contribution >= 0.6 is 0 Å². The lowest BCUT2D eigenvalue weighted by atomic mass is 10.0. The Morgan fingerprint density at radius 1 is 1.16 bits per heavy atom. The molecule has 0 atom stereocenters. The van der Waals surface area contributed by atoms with Crippen molar-refractivity contribution in [1.82, 2.24) is 14.9 Å². The molecule has 0 spiro atoms. The molecule has 1 aromatic heterocycles. The predicted molar refractivity (Wildman–Crippen MR) is 79.1 cm³/mol. The maximum Gasteiger partial charge on any atom is 0.105 e. The first-order valence-corrected chi connectivity index (χ1v) is 6.75. The monoisotopic (exact) mass is 257 g/mol. The van der Waals surface area contributed by atoms with Gasteiger partial charge in [0.2, 0.25) is 0 Å². The highest BCUT2D eigenvalue weighted by molar-refractivity contribution is 5.27. The average molecular weight is 257 g/mol. The van der Waals surface area contributed by atoms with E-state index in [2.05, 4.69) is 59.9 Å². The number of benzene rings is 1. The van der Waals surface area contributed by atoms with Crippen molar-refractivity contribution in [3.63, 3.8) is 0 Å². The molecule has 3 heteroatoms. The van der Waals surface area contributed by atoms with Crippen LogP contribution in [0.1, 0.15) is 37.7 Å². The van der Waals surface area contributed by atoms with Gasteiger partial charge in [0.25, 0.3) is 0 Å². The minimum Gasteiger partial charge on any atom is -0.331 e. The van der Waals surface area contributed by atoms with Crippen molar-refractivity contribution in [2.24, 2.45) is 0 Å². The molecule has 0 unspecified atom stereocenters. The van der Waals surface area contributed by atoms with Gasteiger partial charge in [-0.05, 0) is 38.8 Å². The number of nitrogens with zero attached hydrogens (tertiary/aromatic N) is 2. The predicted octanol–water partition coefficient (Wildman–Crippen LogP) is 3.13. The van der Waals surface area contributed by atoms with Crippen LogP contribution in [0.15, 0.2) is 36.7 Å². The molecule has 102 valence electrons. The Kier molecular flexibility index (Phi) is 4.05. The molecular formula is C16H23N3. The quantitative estimate of drug-likeness (QED) is 0.912. The van der Waals surface area contributed by atoms with Crippen LogP contribution in [0.4, 0.5) is 0 Å². The smallest absolute Gasteiger partial charge is 0.105 e. The third-order valence-electron chi connectivity index (χ3n) is 3.19. The summed E-state index contributed by atoms with van der Waals surface area (Å²) in [6.07, 6.45) is 3.88. The third-order valence-corrected chi connectivity index (χ3v) is 3.19. The molecule has 0 radical (unpaired) electrons. The molecule has 2 aromatic rings. The van der Waals surface area contributed by atoms with Crippen molar-refractivity contribution in [2.45, 2.75) is 46.3 Å². The van der Waals surface area contributed by atoms with Crippen LogP contribution in [0, 0.1) is 6.92 Å². The summed E-state index contributed by atoms with van der Waals surface area (Å²) in [6.45, 7) is 10.4. The van der Waals surface area contributed by atoms with E-state index in [9.17, 15) is 0 Å². The number of rotatable bonds is 4. The van der Waals surface area contributed by atoms with Gasteiger partial charge in [0.15, 0.2) is 0 Å². The summed E-state index contributed by atoms with van der Waals surface area (Å²) in [4.78, 5) is 4.28. The van der Waals surface area contributed by atoms with Gasteiger partial charge in [-0.3, -0.25) is 0 Å². The Labute approximate surface area is 115 Å². The normalized spacial score (nSPS) is 11.8. The van der Waals surface area contributed by atoms with Gasteiger partial charge in [-0.1, -0.05) is 24.3 Å². The maximum absolute atomic E-state index is 4.28. The zero-order valence-corrected chi connectivity index (χ0v) is 12.3. The zero-order valence-electron chi connectivity index (χ0n) is 12.3. The molecule has 2 rings (SSSR count). The van der Waals surface area contributed by atoms with Crippen LogP contribution in [0.3, 0.4) is 0 Å². The highest BCUT2D eigenvalue weighted by atomic mass is 15.0. The van der Waals surface area contributed by atoms with Gasteiger partial charge < -0.3 is 9.88 Å². The zero-order chi connectivity index (χ0) is 13.9. The van der Waals surface area contributed by atoms with E-state index in [1.807, 2.05) is 19.3 Å². The van der Waals surface area contributed by atoms with Gasteiger partial charge in [0.1, 0.15) is 5.82 Å². The lowest BCUT2D eigenvalue weighted by Crippen LogP contribution is -2.35. The highest BCUT2D eigenvalue weighted by Gasteiger charge is 2.10. The van der Waals surface area contributed by atoms with E-state index in [1.54, 1.807) is 0 Å². The van der Waals surface area contributed by atoms with Gasteiger partial charge in [-0.15, -0.1) is 0 Å². The molecule has 0 saturated heterocycles. The largest absolute Gasteiger partial charge is 0.331 e. The number of hydrogen-bond donors (Lipinski definition) is 1. The van der Waals surface area contributed by atoms with Crippen LogP contribution in [0.2, 0.25) is 0 Å². The minimum atomic E-state index is 0.137. The van der Waals surface area contributed by atoms with Crippen molar-refractivity contribution in [3.05, 3.63) is 53.6 Å². The molecule has 0 aliphatic heterocycles. The lowest BCUT2D eigenvalue weighted by molar-refractivity contribution is 0.423. The molecule has 1 N–H and O–H groups in total.